The molecule has 20 heavy (non-hydrogen) atoms. The van der Waals surface area contributed by atoms with Crippen LogP contribution in [-0.2, 0) is 14.6 Å². The van der Waals surface area contributed by atoms with Gasteiger partial charge in [-0.1, -0.05) is 60.7 Å². The van der Waals surface area contributed by atoms with Crippen LogP contribution in [0.3, 0.4) is 0 Å². The lowest BCUT2D eigenvalue weighted by Gasteiger charge is -2.29. The lowest BCUT2D eigenvalue weighted by molar-refractivity contribution is 0.532. The molecule has 0 spiro atoms. The number of allylic oxidation sites excluding steroid dienone is 2. The molecule has 3 heteroatoms. The van der Waals surface area contributed by atoms with Gasteiger partial charge in [-0.25, -0.2) is 8.42 Å². The summed E-state index contributed by atoms with van der Waals surface area (Å²) in [6.07, 6.45) is 5.00. The topological polar surface area (TPSA) is 34.1 Å². The first kappa shape index (κ1) is 13.1. The van der Waals surface area contributed by atoms with E-state index >= 15 is 0 Å². The van der Waals surface area contributed by atoms with Gasteiger partial charge in [0.25, 0.3) is 0 Å². The van der Waals surface area contributed by atoms with E-state index in [4.69, 9.17) is 0 Å². The fourth-order valence-corrected chi connectivity index (χ4v) is 4.85. The van der Waals surface area contributed by atoms with Gasteiger partial charge in [0, 0.05) is 0 Å². The zero-order chi connectivity index (χ0) is 14.1. The van der Waals surface area contributed by atoms with E-state index in [1.807, 2.05) is 48.6 Å². The van der Waals surface area contributed by atoms with Crippen LogP contribution in [0.4, 0.5) is 0 Å². The Hall–Kier alpha value is -1.87. The third-order valence-electron chi connectivity index (χ3n) is 3.93. The van der Waals surface area contributed by atoms with E-state index in [2.05, 4.69) is 0 Å². The molecule has 1 aliphatic rings. The minimum absolute atomic E-state index is 0.396. The maximum atomic E-state index is 13.1. The standard InChI is InChI=1S/C17H16O2S/c18-20(19,16-11-5-2-6-12-16)17(13-7-8-14-17)15-9-3-1-4-10-15/h1-12H,13-14H2. The largest absolute Gasteiger partial charge is 0.223 e. The first-order chi connectivity index (χ1) is 9.67. The molecule has 0 saturated heterocycles. The van der Waals surface area contributed by atoms with Crippen LogP contribution in [0.1, 0.15) is 18.4 Å². The van der Waals surface area contributed by atoms with Gasteiger partial charge >= 0.3 is 0 Å². The smallest absolute Gasteiger partial charge is 0.188 e. The maximum Gasteiger partial charge on any atom is 0.188 e. The van der Waals surface area contributed by atoms with Crippen molar-refractivity contribution in [1.29, 1.82) is 0 Å². The molecule has 0 fully saturated rings. The first-order valence-corrected chi connectivity index (χ1v) is 8.15. The van der Waals surface area contributed by atoms with Crippen molar-refractivity contribution in [2.45, 2.75) is 22.5 Å². The van der Waals surface area contributed by atoms with Crippen molar-refractivity contribution in [3.63, 3.8) is 0 Å². The van der Waals surface area contributed by atoms with Crippen LogP contribution in [-0.4, -0.2) is 8.42 Å². The minimum atomic E-state index is -3.42. The Kier molecular flexibility index (Phi) is 3.22. The molecular weight excluding hydrogens is 268 g/mol. The fourth-order valence-electron chi connectivity index (χ4n) is 2.81. The second kappa shape index (κ2) is 4.91. The van der Waals surface area contributed by atoms with Crippen LogP contribution in [0.25, 0.3) is 0 Å². The number of hydrogen-bond donors (Lipinski definition) is 0. The predicted molar refractivity (Wildman–Crippen MR) is 80.1 cm³/mol. The van der Waals surface area contributed by atoms with Gasteiger partial charge in [0.05, 0.1) is 4.90 Å². The highest BCUT2D eigenvalue weighted by molar-refractivity contribution is 7.92. The van der Waals surface area contributed by atoms with E-state index in [0.29, 0.717) is 17.7 Å². The summed E-state index contributed by atoms with van der Waals surface area (Å²) in [7, 11) is -3.42. The molecule has 0 radical (unpaired) electrons. The Bertz CT molecular complexity index is 708. The first-order valence-electron chi connectivity index (χ1n) is 6.67. The van der Waals surface area contributed by atoms with Gasteiger partial charge in [-0.2, -0.15) is 0 Å². The summed E-state index contributed by atoms with van der Waals surface area (Å²) in [5, 5.41) is 0. The molecule has 3 rings (SSSR count). The molecule has 0 unspecified atom stereocenters. The summed E-state index contributed by atoms with van der Waals surface area (Å²) in [6, 6.07) is 18.3. The molecule has 0 heterocycles. The summed E-state index contributed by atoms with van der Waals surface area (Å²) in [5.41, 5.74) is 0.869. The van der Waals surface area contributed by atoms with Crippen LogP contribution < -0.4 is 0 Å². The van der Waals surface area contributed by atoms with E-state index in [-0.39, 0.29) is 0 Å². The van der Waals surface area contributed by atoms with E-state index < -0.39 is 14.6 Å². The van der Waals surface area contributed by atoms with Gasteiger partial charge < -0.3 is 0 Å². The summed E-state index contributed by atoms with van der Waals surface area (Å²) >= 11 is 0. The van der Waals surface area contributed by atoms with Gasteiger partial charge in [-0.05, 0) is 30.5 Å². The van der Waals surface area contributed by atoms with Crippen molar-refractivity contribution in [2.24, 2.45) is 0 Å². The molecule has 0 bridgehead atoms. The van der Waals surface area contributed by atoms with E-state index in [1.54, 1.807) is 24.3 Å². The molecule has 0 amide bonds. The van der Waals surface area contributed by atoms with Crippen molar-refractivity contribution >= 4 is 9.84 Å². The average Bonchev–Trinajstić information content (AvgIpc) is 3.00. The predicted octanol–water partition coefficient (Wildman–Crippen LogP) is 3.71. The van der Waals surface area contributed by atoms with E-state index in [9.17, 15) is 8.42 Å². The monoisotopic (exact) mass is 284 g/mol. The highest BCUT2D eigenvalue weighted by atomic mass is 32.2. The van der Waals surface area contributed by atoms with Crippen molar-refractivity contribution in [3.05, 3.63) is 78.4 Å². The molecule has 2 aromatic carbocycles. The number of rotatable bonds is 3. The molecule has 0 saturated carbocycles. The second-order valence-electron chi connectivity index (χ2n) is 5.06. The second-order valence-corrected chi connectivity index (χ2v) is 7.32. The van der Waals surface area contributed by atoms with Gasteiger partial charge in [-0.15, -0.1) is 0 Å². The van der Waals surface area contributed by atoms with Crippen molar-refractivity contribution in [1.82, 2.24) is 0 Å². The molecule has 1 aliphatic carbocycles. The summed E-state index contributed by atoms with van der Waals surface area (Å²) in [4.78, 5) is 0.396. The minimum Gasteiger partial charge on any atom is -0.223 e. The lowest BCUT2D eigenvalue weighted by atomic mass is 9.96. The third-order valence-corrected chi connectivity index (χ3v) is 6.42. The molecular formula is C17H16O2S. The zero-order valence-corrected chi connectivity index (χ0v) is 11.9. The molecule has 0 aromatic heterocycles. The van der Waals surface area contributed by atoms with Gasteiger partial charge in [0.15, 0.2) is 9.84 Å². The molecule has 2 aromatic rings. The van der Waals surface area contributed by atoms with Crippen LogP contribution in [0.5, 0.6) is 0 Å². The van der Waals surface area contributed by atoms with Crippen molar-refractivity contribution in [2.75, 3.05) is 0 Å². The Balaban J connectivity index is 2.18. The van der Waals surface area contributed by atoms with Gasteiger partial charge in [0.1, 0.15) is 4.75 Å². The highest BCUT2D eigenvalue weighted by Gasteiger charge is 2.46. The normalized spacial score (nSPS) is 17.2. The summed E-state index contributed by atoms with van der Waals surface area (Å²) in [5.74, 6) is 0. The number of benzene rings is 2. The maximum absolute atomic E-state index is 13.1. The van der Waals surface area contributed by atoms with Crippen LogP contribution in [0.15, 0.2) is 77.7 Å². The summed E-state index contributed by atoms with van der Waals surface area (Å²) < 4.78 is 25.4. The van der Waals surface area contributed by atoms with Crippen molar-refractivity contribution in [3.8, 4) is 0 Å². The fraction of sp³-hybridized carbons (Fsp3) is 0.176. The molecule has 0 N–H and O–H groups in total. The Labute approximate surface area is 119 Å². The third kappa shape index (κ3) is 1.90. The number of sulfone groups is 1. The Morgan fingerprint density at radius 1 is 0.750 bits per heavy atom. The molecule has 0 aliphatic heterocycles. The average molecular weight is 284 g/mol. The lowest BCUT2D eigenvalue weighted by Crippen LogP contribution is -2.33. The van der Waals surface area contributed by atoms with Gasteiger partial charge in [-0.3, -0.25) is 0 Å². The highest BCUT2D eigenvalue weighted by Crippen LogP contribution is 2.45. The molecule has 2 nitrogen and oxygen atoms in total. The quantitative estimate of drug-likeness (QED) is 0.805. The zero-order valence-electron chi connectivity index (χ0n) is 11.1. The van der Waals surface area contributed by atoms with Crippen LogP contribution in [0.2, 0.25) is 0 Å². The SMILES string of the molecule is O=S(=O)(c1ccccc1)C1(c2ccccc2)CC=CC1. The van der Waals surface area contributed by atoms with Crippen molar-refractivity contribution < 1.29 is 8.42 Å². The number of hydrogen-bond acceptors (Lipinski definition) is 2. The van der Waals surface area contributed by atoms with E-state index in [0.717, 1.165) is 5.56 Å². The van der Waals surface area contributed by atoms with Crippen LogP contribution >= 0.6 is 0 Å². The molecule has 102 valence electrons. The Morgan fingerprint density at radius 3 is 1.80 bits per heavy atom. The van der Waals surface area contributed by atoms with Crippen LogP contribution in [0, 0.1) is 0 Å². The molecule has 0 atom stereocenters. The Morgan fingerprint density at radius 2 is 1.25 bits per heavy atom. The van der Waals surface area contributed by atoms with Gasteiger partial charge in [0.2, 0.25) is 0 Å². The van der Waals surface area contributed by atoms with E-state index in [1.165, 1.54) is 0 Å². The summed E-state index contributed by atoms with van der Waals surface area (Å²) in [6.45, 7) is 0.